The number of hydrogen-bond donors (Lipinski definition) is 1. The molecule has 0 spiro atoms. The van der Waals surface area contributed by atoms with Gasteiger partial charge in [-0.3, -0.25) is 4.79 Å². The van der Waals surface area contributed by atoms with Crippen molar-refractivity contribution in [1.29, 1.82) is 0 Å². The highest BCUT2D eigenvalue weighted by atomic mass is 16.4. The van der Waals surface area contributed by atoms with E-state index in [-0.39, 0.29) is 5.91 Å². The van der Waals surface area contributed by atoms with Gasteiger partial charge in [0, 0.05) is 18.5 Å². The number of oxazole rings is 1. The SMILES string of the molecule is Cc1cnc(CCNC(=O)c2ccc(C(C)C)cc2)o1. The molecular formula is C16H20N2O2. The molecule has 1 heterocycles. The summed E-state index contributed by atoms with van der Waals surface area (Å²) in [6.45, 7) is 6.64. The number of carbonyl (C=O) groups excluding carboxylic acids is 1. The van der Waals surface area contributed by atoms with Crippen molar-refractivity contribution in [2.24, 2.45) is 0 Å². The molecule has 1 amide bonds. The largest absolute Gasteiger partial charge is 0.446 e. The van der Waals surface area contributed by atoms with E-state index in [9.17, 15) is 4.79 Å². The van der Waals surface area contributed by atoms with Crippen molar-refractivity contribution in [3.63, 3.8) is 0 Å². The monoisotopic (exact) mass is 272 g/mol. The lowest BCUT2D eigenvalue weighted by atomic mass is 10.0. The van der Waals surface area contributed by atoms with Gasteiger partial charge in [-0.1, -0.05) is 26.0 Å². The lowest BCUT2D eigenvalue weighted by Gasteiger charge is -2.07. The number of nitrogens with one attached hydrogen (secondary N) is 1. The maximum Gasteiger partial charge on any atom is 0.251 e. The van der Waals surface area contributed by atoms with E-state index in [0.29, 0.717) is 30.3 Å². The van der Waals surface area contributed by atoms with Crippen LogP contribution in [-0.4, -0.2) is 17.4 Å². The zero-order valence-electron chi connectivity index (χ0n) is 12.1. The van der Waals surface area contributed by atoms with Crippen LogP contribution in [0.3, 0.4) is 0 Å². The van der Waals surface area contributed by atoms with Crippen LogP contribution in [0.5, 0.6) is 0 Å². The second-order valence-corrected chi connectivity index (χ2v) is 5.15. The molecule has 0 saturated heterocycles. The smallest absolute Gasteiger partial charge is 0.251 e. The van der Waals surface area contributed by atoms with E-state index in [4.69, 9.17) is 4.42 Å². The molecule has 0 atom stereocenters. The average molecular weight is 272 g/mol. The molecule has 106 valence electrons. The molecule has 20 heavy (non-hydrogen) atoms. The first-order valence-corrected chi connectivity index (χ1v) is 6.85. The first-order valence-electron chi connectivity index (χ1n) is 6.85. The summed E-state index contributed by atoms with van der Waals surface area (Å²) in [6, 6.07) is 7.72. The van der Waals surface area contributed by atoms with Gasteiger partial charge in [0.25, 0.3) is 5.91 Å². The van der Waals surface area contributed by atoms with Gasteiger partial charge in [-0.2, -0.15) is 0 Å². The Morgan fingerprint density at radius 1 is 1.30 bits per heavy atom. The third-order valence-corrected chi connectivity index (χ3v) is 3.13. The number of amides is 1. The minimum absolute atomic E-state index is 0.0661. The molecule has 0 saturated carbocycles. The molecule has 1 N–H and O–H groups in total. The highest BCUT2D eigenvalue weighted by Gasteiger charge is 2.07. The Bertz CT molecular complexity index is 570. The maximum absolute atomic E-state index is 12.0. The fourth-order valence-corrected chi connectivity index (χ4v) is 1.92. The average Bonchev–Trinajstić information content (AvgIpc) is 2.84. The summed E-state index contributed by atoms with van der Waals surface area (Å²) in [4.78, 5) is 16.1. The summed E-state index contributed by atoms with van der Waals surface area (Å²) in [5, 5.41) is 2.87. The van der Waals surface area contributed by atoms with Gasteiger partial charge in [0.2, 0.25) is 0 Å². The molecule has 0 bridgehead atoms. The van der Waals surface area contributed by atoms with Gasteiger partial charge in [0.1, 0.15) is 5.76 Å². The van der Waals surface area contributed by atoms with Gasteiger partial charge in [-0.05, 0) is 30.5 Å². The van der Waals surface area contributed by atoms with Crippen LogP contribution in [0.15, 0.2) is 34.9 Å². The lowest BCUT2D eigenvalue weighted by molar-refractivity contribution is 0.0953. The number of aromatic nitrogens is 1. The lowest BCUT2D eigenvalue weighted by Crippen LogP contribution is -2.25. The molecule has 0 fully saturated rings. The Labute approximate surface area is 119 Å². The number of benzene rings is 1. The summed E-state index contributed by atoms with van der Waals surface area (Å²) in [6.07, 6.45) is 2.28. The van der Waals surface area contributed by atoms with Crippen LogP contribution in [0.1, 0.15) is 47.3 Å². The van der Waals surface area contributed by atoms with E-state index >= 15 is 0 Å². The van der Waals surface area contributed by atoms with Gasteiger partial charge >= 0.3 is 0 Å². The van der Waals surface area contributed by atoms with E-state index < -0.39 is 0 Å². The van der Waals surface area contributed by atoms with Crippen molar-refractivity contribution >= 4 is 5.91 Å². The van der Waals surface area contributed by atoms with Gasteiger partial charge in [0.05, 0.1) is 6.20 Å². The van der Waals surface area contributed by atoms with Gasteiger partial charge in [0.15, 0.2) is 5.89 Å². The van der Waals surface area contributed by atoms with E-state index in [1.807, 2.05) is 31.2 Å². The second kappa shape index (κ2) is 6.37. The van der Waals surface area contributed by atoms with Crippen LogP contribution in [0.2, 0.25) is 0 Å². The number of carbonyl (C=O) groups is 1. The summed E-state index contributed by atoms with van der Waals surface area (Å²) < 4.78 is 5.35. The summed E-state index contributed by atoms with van der Waals surface area (Å²) in [5.74, 6) is 1.84. The molecule has 1 aromatic carbocycles. The fourth-order valence-electron chi connectivity index (χ4n) is 1.92. The molecular weight excluding hydrogens is 252 g/mol. The summed E-state index contributed by atoms with van der Waals surface area (Å²) in [5.41, 5.74) is 1.91. The number of hydrogen-bond acceptors (Lipinski definition) is 3. The third kappa shape index (κ3) is 3.70. The van der Waals surface area contributed by atoms with E-state index in [1.165, 1.54) is 5.56 Å². The molecule has 0 radical (unpaired) electrons. The summed E-state index contributed by atoms with van der Waals surface area (Å²) in [7, 11) is 0. The summed E-state index contributed by atoms with van der Waals surface area (Å²) >= 11 is 0. The minimum Gasteiger partial charge on any atom is -0.446 e. The maximum atomic E-state index is 12.0. The van der Waals surface area contributed by atoms with Crippen molar-refractivity contribution in [3.05, 3.63) is 53.2 Å². The molecule has 0 aliphatic rings. The van der Waals surface area contributed by atoms with E-state index in [1.54, 1.807) is 6.20 Å². The Balaban J connectivity index is 1.85. The highest BCUT2D eigenvalue weighted by Crippen LogP contribution is 2.14. The van der Waals surface area contributed by atoms with Gasteiger partial charge in [-0.15, -0.1) is 0 Å². The molecule has 0 unspecified atom stereocenters. The molecule has 2 rings (SSSR count). The van der Waals surface area contributed by atoms with Crippen LogP contribution in [-0.2, 0) is 6.42 Å². The van der Waals surface area contributed by atoms with E-state index in [2.05, 4.69) is 24.1 Å². The van der Waals surface area contributed by atoms with Gasteiger partial charge < -0.3 is 9.73 Å². The predicted octanol–water partition coefficient (Wildman–Crippen LogP) is 3.08. The van der Waals surface area contributed by atoms with Crippen molar-refractivity contribution in [2.75, 3.05) is 6.54 Å². The Morgan fingerprint density at radius 2 is 2.00 bits per heavy atom. The molecule has 4 heteroatoms. The number of aryl methyl sites for hydroxylation is 1. The zero-order chi connectivity index (χ0) is 14.5. The zero-order valence-corrected chi connectivity index (χ0v) is 12.1. The molecule has 1 aromatic heterocycles. The molecule has 2 aromatic rings. The second-order valence-electron chi connectivity index (χ2n) is 5.15. The van der Waals surface area contributed by atoms with Gasteiger partial charge in [-0.25, -0.2) is 4.98 Å². The van der Waals surface area contributed by atoms with Crippen LogP contribution < -0.4 is 5.32 Å². The number of nitrogens with zero attached hydrogens (tertiary/aromatic N) is 1. The van der Waals surface area contributed by atoms with Crippen LogP contribution in [0, 0.1) is 6.92 Å². The number of rotatable bonds is 5. The fraction of sp³-hybridized carbons (Fsp3) is 0.375. The minimum atomic E-state index is -0.0661. The normalized spacial score (nSPS) is 10.8. The molecule has 0 aliphatic carbocycles. The van der Waals surface area contributed by atoms with E-state index in [0.717, 1.165) is 5.76 Å². The van der Waals surface area contributed by atoms with Crippen molar-refractivity contribution in [1.82, 2.24) is 10.3 Å². The first-order chi connectivity index (χ1) is 9.56. The first kappa shape index (κ1) is 14.3. The third-order valence-electron chi connectivity index (χ3n) is 3.13. The Kier molecular flexibility index (Phi) is 4.56. The standard InChI is InChI=1S/C16H20N2O2/c1-11(2)13-4-6-14(7-5-13)16(19)17-9-8-15-18-10-12(3)20-15/h4-7,10-11H,8-9H2,1-3H3,(H,17,19). The Morgan fingerprint density at radius 3 is 2.55 bits per heavy atom. The van der Waals surface area contributed by atoms with Crippen LogP contribution in [0.25, 0.3) is 0 Å². The topological polar surface area (TPSA) is 55.1 Å². The predicted molar refractivity (Wildman–Crippen MR) is 77.8 cm³/mol. The van der Waals surface area contributed by atoms with Crippen LogP contribution >= 0.6 is 0 Å². The molecule has 4 nitrogen and oxygen atoms in total. The quantitative estimate of drug-likeness (QED) is 0.910. The van der Waals surface area contributed by atoms with Crippen molar-refractivity contribution in [2.45, 2.75) is 33.1 Å². The van der Waals surface area contributed by atoms with Crippen LogP contribution in [0.4, 0.5) is 0 Å². The van der Waals surface area contributed by atoms with Crippen molar-refractivity contribution < 1.29 is 9.21 Å². The Hall–Kier alpha value is -2.10. The van der Waals surface area contributed by atoms with Crippen molar-refractivity contribution in [3.8, 4) is 0 Å². The molecule has 0 aliphatic heterocycles. The highest BCUT2D eigenvalue weighted by molar-refractivity contribution is 5.94.